The highest BCUT2D eigenvalue weighted by Crippen LogP contribution is 2.35. The second-order valence-electron chi connectivity index (χ2n) is 7.38. The van der Waals surface area contributed by atoms with Crippen LogP contribution in [0.5, 0.6) is 0 Å². The minimum absolute atomic E-state index is 0.0291. The van der Waals surface area contributed by atoms with Crippen LogP contribution in [-0.4, -0.2) is 36.5 Å². The summed E-state index contributed by atoms with van der Waals surface area (Å²) in [6.45, 7) is 6.92. The van der Waals surface area contributed by atoms with E-state index in [1.165, 1.54) is 0 Å². The number of aliphatic carboxylic acids is 1. The Labute approximate surface area is 165 Å². The van der Waals surface area contributed by atoms with Gasteiger partial charge in [0.2, 0.25) is 0 Å². The molecule has 2 aromatic rings. The van der Waals surface area contributed by atoms with Crippen molar-refractivity contribution in [1.82, 2.24) is 5.32 Å². The summed E-state index contributed by atoms with van der Waals surface area (Å²) in [5, 5.41) is 12.3. The van der Waals surface area contributed by atoms with Crippen molar-refractivity contribution in [3.05, 3.63) is 54.1 Å². The van der Waals surface area contributed by atoms with Crippen LogP contribution < -0.4 is 10.6 Å². The van der Waals surface area contributed by atoms with Crippen molar-refractivity contribution < 1.29 is 24.0 Å². The minimum Gasteiger partial charge on any atom is -0.480 e. The van der Waals surface area contributed by atoms with Crippen molar-refractivity contribution in [2.24, 2.45) is 5.92 Å². The summed E-state index contributed by atoms with van der Waals surface area (Å²) in [7, 11) is -2.29. The number of hydrogen-bond donors (Lipinski definition) is 2. The number of carboxylic acid groups (broad SMARTS) is 1. The maximum Gasteiger partial charge on any atom is 0.408 e. The predicted molar refractivity (Wildman–Crippen MR) is 111 cm³/mol. The Kier molecular flexibility index (Phi) is 7.03. The van der Waals surface area contributed by atoms with Crippen LogP contribution >= 0.6 is 7.14 Å². The zero-order valence-corrected chi connectivity index (χ0v) is 17.4. The summed E-state index contributed by atoms with van der Waals surface area (Å²) < 4.78 is 17.3. The van der Waals surface area contributed by atoms with Crippen molar-refractivity contribution in [2.45, 2.75) is 26.5 Å². The molecule has 0 heterocycles. The van der Waals surface area contributed by atoms with Gasteiger partial charge in [-0.15, -0.1) is 0 Å². The van der Waals surface area contributed by atoms with Crippen LogP contribution in [0, 0.1) is 5.92 Å². The third kappa shape index (κ3) is 5.96. The minimum atomic E-state index is -2.29. The fraction of sp³-hybridized carbons (Fsp3) is 0.333. The second kappa shape index (κ2) is 9.07. The lowest BCUT2D eigenvalue weighted by atomic mass is 10.0. The number of benzene rings is 2. The van der Waals surface area contributed by atoms with Crippen LogP contribution in [0.15, 0.2) is 48.5 Å². The van der Waals surface area contributed by atoms with Crippen LogP contribution in [0.4, 0.5) is 4.79 Å². The average Bonchev–Trinajstić information content (AvgIpc) is 2.63. The molecule has 0 aromatic heterocycles. The number of ether oxygens (including phenoxy) is 1. The van der Waals surface area contributed by atoms with E-state index in [1.54, 1.807) is 27.2 Å². The normalized spacial score (nSPS) is 12.5. The Bertz CT molecular complexity index is 886. The van der Waals surface area contributed by atoms with Gasteiger partial charge in [0, 0.05) is 5.30 Å². The molecule has 28 heavy (non-hydrogen) atoms. The van der Waals surface area contributed by atoms with Crippen molar-refractivity contribution in [3.63, 3.8) is 0 Å². The van der Waals surface area contributed by atoms with Gasteiger partial charge >= 0.3 is 12.1 Å². The number of hydrogen-bond acceptors (Lipinski definition) is 4. The maximum absolute atomic E-state index is 12.1. The molecule has 0 aliphatic carbocycles. The Morgan fingerprint density at radius 3 is 2.25 bits per heavy atom. The van der Waals surface area contributed by atoms with Crippen molar-refractivity contribution in [2.75, 3.05) is 13.3 Å². The van der Waals surface area contributed by atoms with Gasteiger partial charge in [-0.2, -0.15) is 0 Å². The summed E-state index contributed by atoms with van der Waals surface area (Å²) >= 11 is 0. The van der Waals surface area contributed by atoms with Gasteiger partial charge in [0.25, 0.3) is 0 Å². The van der Waals surface area contributed by atoms with E-state index < -0.39 is 25.2 Å². The van der Waals surface area contributed by atoms with E-state index in [0.29, 0.717) is 0 Å². The highest BCUT2D eigenvalue weighted by molar-refractivity contribution is 7.70. The van der Waals surface area contributed by atoms with Gasteiger partial charge in [-0.1, -0.05) is 56.3 Å². The third-order valence-electron chi connectivity index (χ3n) is 4.33. The van der Waals surface area contributed by atoms with Gasteiger partial charge < -0.3 is 19.7 Å². The molecular weight excluding hydrogens is 377 g/mol. The number of amides is 1. The Hall–Kier alpha value is -2.59. The Morgan fingerprint density at radius 2 is 1.71 bits per heavy atom. The molecule has 0 aliphatic rings. The summed E-state index contributed by atoms with van der Waals surface area (Å²) in [6, 6.07) is 14.1. The summed E-state index contributed by atoms with van der Waals surface area (Å²) in [6.07, 6.45) is -0.766. The SMILES string of the molecule is CC(C)C(NC(=O)OCc1cccc(-c2ccc(P(C)(C)=O)cc2)c1)C(=O)O. The van der Waals surface area contributed by atoms with Crippen molar-refractivity contribution in [3.8, 4) is 11.1 Å². The number of nitrogens with one attached hydrogen (secondary N) is 1. The molecule has 1 unspecified atom stereocenters. The summed E-state index contributed by atoms with van der Waals surface area (Å²) in [5.41, 5.74) is 2.69. The lowest BCUT2D eigenvalue weighted by molar-refractivity contribution is -0.140. The van der Waals surface area contributed by atoms with Crippen molar-refractivity contribution in [1.29, 1.82) is 0 Å². The maximum atomic E-state index is 12.1. The molecule has 2 N–H and O–H groups in total. The fourth-order valence-corrected chi connectivity index (χ4v) is 3.55. The van der Waals surface area contributed by atoms with E-state index in [9.17, 15) is 14.2 Å². The number of rotatable bonds is 7. The first kappa shape index (κ1) is 21.7. The lowest BCUT2D eigenvalue weighted by Crippen LogP contribution is -2.44. The van der Waals surface area contributed by atoms with Crippen molar-refractivity contribution >= 4 is 24.5 Å². The van der Waals surface area contributed by atoms with E-state index in [1.807, 2.05) is 48.5 Å². The summed E-state index contributed by atoms with van der Waals surface area (Å²) in [4.78, 5) is 23.0. The predicted octanol–water partition coefficient (Wildman–Crippen LogP) is 3.94. The smallest absolute Gasteiger partial charge is 0.408 e. The monoisotopic (exact) mass is 403 g/mol. The molecule has 2 aromatic carbocycles. The molecule has 6 nitrogen and oxygen atoms in total. The zero-order chi connectivity index (χ0) is 20.9. The molecule has 1 atom stereocenters. The Balaban J connectivity index is 2.04. The van der Waals surface area contributed by atoms with E-state index >= 15 is 0 Å². The molecule has 0 fully saturated rings. The third-order valence-corrected chi connectivity index (χ3v) is 5.87. The van der Waals surface area contributed by atoms with Crippen LogP contribution in [0.1, 0.15) is 19.4 Å². The standard InChI is InChI=1S/C21H26NO5P/c1-14(2)19(20(23)24)22-21(25)27-13-15-6-5-7-17(12-15)16-8-10-18(11-9-16)28(3,4)26/h5-12,14,19H,13H2,1-4H3,(H,22,25)(H,23,24). The van der Waals surface area contributed by atoms with E-state index in [0.717, 1.165) is 22.0 Å². The van der Waals surface area contributed by atoms with Gasteiger partial charge in [-0.25, -0.2) is 9.59 Å². The fourth-order valence-electron chi connectivity index (χ4n) is 2.68. The second-order valence-corrected chi connectivity index (χ2v) is 10.6. The van der Waals surface area contributed by atoms with E-state index in [4.69, 9.17) is 9.84 Å². The topological polar surface area (TPSA) is 92.7 Å². The number of alkyl carbamates (subject to hydrolysis) is 1. The first-order chi connectivity index (χ1) is 13.1. The molecule has 0 spiro atoms. The molecule has 0 saturated heterocycles. The highest BCUT2D eigenvalue weighted by Gasteiger charge is 2.24. The van der Waals surface area contributed by atoms with Crippen LogP contribution in [0.2, 0.25) is 0 Å². The highest BCUT2D eigenvalue weighted by atomic mass is 31.2. The van der Waals surface area contributed by atoms with Gasteiger partial charge in [0.1, 0.15) is 19.8 Å². The first-order valence-corrected chi connectivity index (χ1v) is 11.6. The van der Waals surface area contributed by atoms with Crippen LogP contribution in [-0.2, 0) is 20.7 Å². The van der Waals surface area contributed by atoms with Gasteiger partial charge in [0.05, 0.1) is 0 Å². The van der Waals surface area contributed by atoms with Crippen LogP contribution in [0.3, 0.4) is 0 Å². The van der Waals surface area contributed by atoms with Gasteiger partial charge in [-0.3, -0.25) is 0 Å². The van der Waals surface area contributed by atoms with Gasteiger partial charge in [-0.05, 0) is 42.0 Å². The Morgan fingerprint density at radius 1 is 1.07 bits per heavy atom. The lowest BCUT2D eigenvalue weighted by Gasteiger charge is -2.17. The first-order valence-electron chi connectivity index (χ1n) is 8.99. The average molecular weight is 403 g/mol. The molecular formula is C21H26NO5P. The van der Waals surface area contributed by atoms with Crippen LogP contribution in [0.25, 0.3) is 11.1 Å². The largest absolute Gasteiger partial charge is 0.480 e. The molecule has 1 amide bonds. The molecule has 0 bridgehead atoms. The van der Waals surface area contributed by atoms with Gasteiger partial charge in [0.15, 0.2) is 0 Å². The molecule has 7 heteroatoms. The number of carboxylic acids is 1. The number of carbonyl (C=O) groups excluding carboxylic acids is 1. The quantitative estimate of drug-likeness (QED) is 0.683. The number of carbonyl (C=O) groups is 2. The molecule has 0 saturated carbocycles. The van der Waals surface area contributed by atoms with E-state index in [2.05, 4.69) is 5.32 Å². The molecule has 150 valence electrons. The molecule has 2 rings (SSSR count). The molecule has 0 aliphatic heterocycles. The molecule has 0 radical (unpaired) electrons. The van der Waals surface area contributed by atoms with E-state index in [-0.39, 0.29) is 12.5 Å². The zero-order valence-electron chi connectivity index (χ0n) is 16.5. The summed E-state index contributed by atoms with van der Waals surface area (Å²) in [5.74, 6) is -1.35.